The molecule has 1 rings (SSSR count). The van der Waals surface area contributed by atoms with Crippen molar-refractivity contribution in [3.8, 4) is 0 Å². The van der Waals surface area contributed by atoms with Crippen LogP contribution in [-0.2, 0) is 9.53 Å². The first-order valence-electron chi connectivity index (χ1n) is 6.23. The standard InChI is InChI=1S/C14H19NO3/c1-4-6-12(14(17)18-5-2)13(16)11-7-8-15-9-10(11)3/h7-9,12H,4-6H2,1-3H3. The molecule has 4 nitrogen and oxygen atoms in total. The molecule has 0 amide bonds. The molecule has 98 valence electrons. The third-order valence-corrected chi connectivity index (χ3v) is 2.75. The Morgan fingerprint density at radius 3 is 2.67 bits per heavy atom. The van der Waals surface area contributed by atoms with Crippen molar-refractivity contribution < 1.29 is 14.3 Å². The van der Waals surface area contributed by atoms with E-state index in [0.29, 0.717) is 18.6 Å². The summed E-state index contributed by atoms with van der Waals surface area (Å²) in [5.74, 6) is -1.30. The Hall–Kier alpha value is -1.71. The number of esters is 1. The minimum absolute atomic E-state index is 0.171. The summed E-state index contributed by atoms with van der Waals surface area (Å²) in [6.07, 6.45) is 4.47. The Morgan fingerprint density at radius 2 is 2.11 bits per heavy atom. The Bertz CT molecular complexity index is 429. The maximum atomic E-state index is 12.3. The van der Waals surface area contributed by atoms with E-state index in [2.05, 4.69) is 4.98 Å². The zero-order valence-corrected chi connectivity index (χ0v) is 11.1. The van der Waals surface area contributed by atoms with Crippen molar-refractivity contribution in [2.45, 2.75) is 33.6 Å². The van der Waals surface area contributed by atoms with Crippen molar-refractivity contribution in [2.24, 2.45) is 5.92 Å². The van der Waals surface area contributed by atoms with E-state index in [1.807, 2.05) is 13.8 Å². The van der Waals surface area contributed by atoms with Gasteiger partial charge in [0, 0.05) is 18.0 Å². The highest BCUT2D eigenvalue weighted by atomic mass is 16.5. The first kappa shape index (κ1) is 14.4. The zero-order valence-electron chi connectivity index (χ0n) is 11.1. The van der Waals surface area contributed by atoms with Crippen molar-refractivity contribution in [1.29, 1.82) is 0 Å². The van der Waals surface area contributed by atoms with Crippen LogP contribution >= 0.6 is 0 Å². The smallest absolute Gasteiger partial charge is 0.316 e. The van der Waals surface area contributed by atoms with Gasteiger partial charge >= 0.3 is 5.97 Å². The highest BCUT2D eigenvalue weighted by molar-refractivity contribution is 6.09. The van der Waals surface area contributed by atoms with E-state index in [1.165, 1.54) is 0 Å². The van der Waals surface area contributed by atoms with Gasteiger partial charge in [-0.05, 0) is 31.9 Å². The average molecular weight is 249 g/mol. The second-order valence-electron chi connectivity index (χ2n) is 4.15. The number of rotatable bonds is 6. The van der Waals surface area contributed by atoms with Gasteiger partial charge in [0.1, 0.15) is 5.92 Å². The molecule has 0 N–H and O–H groups in total. The number of ether oxygens (including phenoxy) is 1. The molecule has 0 saturated carbocycles. The number of carbonyl (C=O) groups is 2. The maximum Gasteiger partial charge on any atom is 0.316 e. The van der Waals surface area contributed by atoms with Crippen LogP contribution in [-0.4, -0.2) is 23.3 Å². The van der Waals surface area contributed by atoms with E-state index in [4.69, 9.17) is 4.74 Å². The molecular formula is C14H19NO3. The summed E-state index contributed by atoms with van der Waals surface area (Å²) in [5.41, 5.74) is 1.34. The number of hydrogen-bond donors (Lipinski definition) is 0. The van der Waals surface area contributed by atoms with E-state index < -0.39 is 11.9 Å². The molecule has 0 aliphatic carbocycles. The molecule has 0 radical (unpaired) electrons. The number of pyridine rings is 1. The molecule has 0 aliphatic rings. The van der Waals surface area contributed by atoms with Crippen LogP contribution in [0.25, 0.3) is 0 Å². The number of ketones is 1. The van der Waals surface area contributed by atoms with E-state index in [0.717, 1.165) is 12.0 Å². The molecule has 0 aliphatic heterocycles. The molecule has 18 heavy (non-hydrogen) atoms. The minimum atomic E-state index is -0.698. The summed E-state index contributed by atoms with van der Waals surface area (Å²) >= 11 is 0. The van der Waals surface area contributed by atoms with Gasteiger partial charge in [-0.3, -0.25) is 14.6 Å². The first-order chi connectivity index (χ1) is 8.61. The van der Waals surface area contributed by atoms with Crippen molar-refractivity contribution in [2.75, 3.05) is 6.61 Å². The second kappa shape index (κ2) is 6.89. The molecule has 1 aromatic heterocycles. The Labute approximate surface area is 107 Å². The quantitative estimate of drug-likeness (QED) is 0.441. The lowest BCUT2D eigenvalue weighted by atomic mass is 9.92. The van der Waals surface area contributed by atoms with E-state index >= 15 is 0 Å². The van der Waals surface area contributed by atoms with Gasteiger partial charge in [-0.2, -0.15) is 0 Å². The number of Topliss-reactive ketones (excluding diaryl/α,β-unsaturated/α-hetero) is 1. The Morgan fingerprint density at radius 1 is 1.39 bits per heavy atom. The van der Waals surface area contributed by atoms with E-state index in [-0.39, 0.29) is 5.78 Å². The predicted molar refractivity (Wildman–Crippen MR) is 68.3 cm³/mol. The van der Waals surface area contributed by atoms with E-state index in [9.17, 15) is 9.59 Å². The number of nitrogens with zero attached hydrogens (tertiary/aromatic N) is 1. The molecule has 0 fully saturated rings. The van der Waals surface area contributed by atoms with Gasteiger partial charge < -0.3 is 4.74 Å². The molecule has 0 bridgehead atoms. The number of aromatic nitrogens is 1. The second-order valence-corrected chi connectivity index (χ2v) is 4.15. The normalized spacial score (nSPS) is 11.9. The van der Waals surface area contributed by atoms with E-state index in [1.54, 1.807) is 25.4 Å². The van der Waals surface area contributed by atoms with Crippen LogP contribution in [0.3, 0.4) is 0 Å². The molecule has 1 aromatic rings. The molecule has 0 saturated heterocycles. The Kier molecular flexibility index (Phi) is 5.49. The number of carbonyl (C=O) groups excluding carboxylic acids is 2. The molecule has 1 unspecified atom stereocenters. The first-order valence-corrected chi connectivity index (χ1v) is 6.23. The van der Waals surface area contributed by atoms with Gasteiger partial charge in [-0.25, -0.2) is 0 Å². The van der Waals surface area contributed by atoms with Gasteiger partial charge in [0.25, 0.3) is 0 Å². The zero-order chi connectivity index (χ0) is 13.5. The summed E-state index contributed by atoms with van der Waals surface area (Å²) in [6.45, 7) is 5.79. The molecule has 4 heteroatoms. The molecule has 0 spiro atoms. The monoisotopic (exact) mass is 249 g/mol. The highest BCUT2D eigenvalue weighted by Crippen LogP contribution is 2.18. The third kappa shape index (κ3) is 3.39. The van der Waals surface area contributed by atoms with Gasteiger partial charge in [0.2, 0.25) is 0 Å². The fourth-order valence-corrected chi connectivity index (χ4v) is 1.83. The van der Waals surface area contributed by atoms with Crippen molar-refractivity contribution in [3.05, 3.63) is 29.6 Å². The van der Waals surface area contributed by atoms with Crippen LogP contribution in [0.15, 0.2) is 18.5 Å². The van der Waals surface area contributed by atoms with Crippen LogP contribution in [0.2, 0.25) is 0 Å². The summed E-state index contributed by atoms with van der Waals surface area (Å²) in [7, 11) is 0. The van der Waals surface area contributed by atoms with Crippen LogP contribution < -0.4 is 0 Å². The van der Waals surface area contributed by atoms with Crippen LogP contribution in [0.5, 0.6) is 0 Å². The fraction of sp³-hybridized carbons (Fsp3) is 0.500. The molecule has 1 heterocycles. The summed E-state index contributed by atoms with van der Waals surface area (Å²) in [6, 6.07) is 1.65. The Balaban J connectivity index is 2.96. The maximum absolute atomic E-state index is 12.3. The average Bonchev–Trinajstić information content (AvgIpc) is 2.36. The van der Waals surface area contributed by atoms with Gasteiger partial charge in [0.15, 0.2) is 5.78 Å². The third-order valence-electron chi connectivity index (χ3n) is 2.75. The van der Waals surface area contributed by atoms with Crippen molar-refractivity contribution in [1.82, 2.24) is 4.98 Å². The minimum Gasteiger partial charge on any atom is -0.465 e. The predicted octanol–water partition coefficient (Wildman–Crippen LogP) is 2.55. The lowest BCUT2D eigenvalue weighted by molar-refractivity contribution is -0.146. The topological polar surface area (TPSA) is 56.3 Å². The van der Waals surface area contributed by atoms with Crippen LogP contribution in [0.4, 0.5) is 0 Å². The summed E-state index contributed by atoms with van der Waals surface area (Å²) in [4.78, 5) is 28.1. The summed E-state index contributed by atoms with van der Waals surface area (Å²) < 4.78 is 4.96. The van der Waals surface area contributed by atoms with Gasteiger partial charge in [-0.15, -0.1) is 0 Å². The lowest BCUT2D eigenvalue weighted by Crippen LogP contribution is -2.26. The number of hydrogen-bond acceptors (Lipinski definition) is 4. The fourth-order valence-electron chi connectivity index (χ4n) is 1.83. The largest absolute Gasteiger partial charge is 0.465 e. The molecule has 1 atom stereocenters. The van der Waals surface area contributed by atoms with Crippen LogP contribution in [0.1, 0.15) is 42.6 Å². The summed E-state index contributed by atoms with van der Waals surface area (Å²) in [5, 5.41) is 0. The SMILES string of the molecule is CCCC(C(=O)OCC)C(=O)c1ccncc1C. The van der Waals surface area contributed by atoms with Crippen molar-refractivity contribution >= 4 is 11.8 Å². The highest BCUT2D eigenvalue weighted by Gasteiger charge is 2.28. The van der Waals surface area contributed by atoms with Gasteiger partial charge in [0.05, 0.1) is 6.61 Å². The number of aryl methyl sites for hydroxylation is 1. The lowest BCUT2D eigenvalue weighted by Gasteiger charge is -2.14. The van der Waals surface area contributed by atoms with Crippen LogP contribution in [0, 0.1) is 12.8 Å². The van der Waals surface area contributed by atoms with Crippen molar-refractivity contribution in [3.63, 3.8) is 0 Å². The molecular weight excluding hydrogens is 230 g/mol. The molecule has 0 aromatic carbocycles. The van der Waals surface area contributed by atoms with Gasteiger partial charge in [-0.1, -0.05) is 13.3 Å².